The molecule has 0 saturated carbocycles. The van der Waals surface area contributed by atoms with Gasteiger partial charge in [0.25, 0.3) is 0 Å². The first-order valence-corrected chi connectivity index (χ1v) is 16.3. The maximum absolute atomic E-state index is 13.0. The van der Waals surface area contributed by atoms with Crippen LogP contribution in [-0.2, 0) is 25.3 Å². The first-order chi connectivity index (χ1) is 17.1. The number of hydrogen-bond acceptors (Lipinski definition) is 5. The molecule has 1 aromatic carbocycles. The number of sulfone groups is 1. The Morgan fingerprint density at radius 1 is 0.892 bits per heavy atom. The molecule has 1 atom stereocenters. The van der Waals surface area contributed by atoms with Crippen LogP contribution in [0.4, 0.5) is 13.2 Å². The van der Waals surface area contributed by atoms with Crippen LogP contribution in [0.1, 0.15) is 83.6 Å². The fraction of sp³-hybridized carbons (Fsp3) is 0.692. The summed E-state index contributed by atoms with van der Waals surface area (Å²) in [4.78, 5) is 0. The van der Waals surface area contributed by atoms with E-state index in [1.165, 1.54) is 45.4 Å². The van der Waals surface area contributed by atoms with Crippen molar-refractivity contribution in [2.75, 3.05) is 24.3 Å². The Hall–Kier alpha value is -0.470. The molecule has 210 valence electrons. The number of benzene rings is 1. The number of unbranched alkanes of at least 4 members (excludes halogenated alkanes) is 9. The normalized spacial score (nSPS) is 13.2. The Morgan fingerprint density at radius 2 is 1.43 bits per heavy atom. The topological polar surface area (TPSA) is 69.7 Å². The predicted molar refractivity (Wildman–Crippen MR) is 148 cm³/mol. The van der Waals surface area contributed by atoms with E-state index >= 15 is 0 Å². The molecule has 0 spiro atoms. The van der Waals surface area contributed by atoms with Gasteiger partial charge in [-0.1, -0.05) is 83.8 Å². The zero-order valence-electron chi connectivity index (χ0n) is 21.6. The molecular formula is C26H43F3NaO5PS. The van der Waals surface area contributed by atoms with Gasteiger partial charge >= 0.3 is 35.7 Å². The van der Waals surface area contributed by atoms with E-state index in [9.17, 15) is 26.2 Å². The first-order valence-electron chi connectivity index (χ1n) is 13.0. The molecule has 1 rings (SSSR count). The zero-order valence-corrected chi connectivity index (χ0v) is 23.4. The molecule has 37 heavy (non-hydrogen) atoms. The molecule has 5 nitrogen and oxygen atoms in total. The van der Waals surface area contributed by atoms with Crippen molar-refractivity contribution in [2.45, 2.75) is 90.7 Å². The molecule has 0 radical (unpaired) electrons. The molecule has 0 N–H and O–H groups in total. The Morgan fingerprint density at radius 3 is 1.95 bits per heavy atom. The third-order valence-corrected chi connectivity index (χ3v) is 8.43. The van der Waals surface area contributed by atoms with Gasteiger partial charge in [-0.25, -0.2) is 8.42 Å². The van der Waals surface area contributed by atoms with Crippen molar-refractivity contribution in [1.29, 1.82) is 0 Å². The van der Waals surface area contributed by atoms with Gasteiger partial charge in [-0.2, -0.15) is 13.2 Å². The molecule has 0 aliphatic heterocycles. The van der Waals surface area contributed by atoms with E-state index in [0.29, 0.717) is 17.7 Å². The van der Waals surface area contributed by atoms with Gasteiger partial charge in [0.15, 0.2) is 9.84 Å². The Kier molecular flexibility index (Phi) is 20.2. The average molecular weight is 579 g/mol. The van der Waals surface area contributed by atoms with Gasteiger partial charge in [0, 0.05) is 6.16 Å². The minimum absolute atomic E-state index is 0. The third-order valence-electron chi connectivity index (χ3n) is 5.71. The van der Waals surface area contributed by atoms with Crippen molar-refractivity contribution in [2.24, 2.45) is 0 Å². The van der Waals surface area contributed by atoms with E-state index in [2.05, 4.69) is 11.4 Å². The second-order valence-corrected chi connectivity index (χ2v) is 12.9. The molecule has 11 heteroatoms. The summed E-state index contributed by atoms with van der Waals surface area (Å²) >= 11 is 0. The van der Waals surface area contributed by atoms with Crippen LogP contribution in [0.15, 0.2) is 36.1 Å². The van der Waals surface area contributed by atoms with Gasteiger partial charge < -0.3 is 9.26 Å². The third kappa shape index (κ3) is 18.4. The van der Waals surface area contributed by atoms with Crippen molar-refractivity contribution < 1.29 is 35.4 Å². The van der Waals surface area contributed by atoms with Crippen LogP contribution in [0.2, 0.25) is 0 Å². The van der Waals surface area contributed by atoms with Crippen LogP contribution in [0.5, 0.6) is 5.75 Å². The second-order valence-electron chi connectivity index (χ2n) is 8.92. The van der Waals surface area contributed by atoms with Crippen molar-refractivity contribution >= 4 is 47.4 Å². The van der Waals surface area contributed by atoms with Crippen LogP contribution < -0.4 is 4.74 Å². The van der Waals surface area contributed by atoms with Crippen molar-refractivity contribution in [1.82, 2.24) is 0 Å². The SMILES string of the molecule is CCCCCCCCCCCCS(=O)(=O)CCOc1ccc(C/C=C(\O[PH](=O)CC)C(F)(F)F)cc1.[NaH]. The standard InChI is InChI=1S/C26H42F3O5PS.Na.H/c1-3-5-6-7-8-9-10-11-12-13-21-36(31,32)22-20-33-24-17-14-23(15-18-24)16-19-25(26(27,28)29)34-35(30)4-2;;/h14-15,17-19,35H,3-13,16,20-22H2,1-2H3;;/b25-19-;;. The number of rotatable bonds is 20. The fourth-order valence-corrected chi connectivity index (χ4v) is 5.31. The first kappa shape index (κ1) is 36.5. The van der Waals surface area contributed by atoms with Crippen molar-refractivity contribution in [3.63, 3.8) is 0 Å². The predicted octanol–water partition coefficient (Wildman–Crippen LogP) is 7.25. The number of alkyl halides is 3. The van der Waals surface area contributed by atoms with Crippen molar-refractivity contribution in [3.8, 4) is 5.75 Å². The van der Waals surface area contributed by atoms with Crippen LogP contribution in [0, 0.1) is 0 Å². The minimum atomic E-state index is -4.71. The monoisotopic (exact) mass is 578 g/mol. The van der Waals surface area contributed by atoms with E-state index in [4.69, 9.17) is 4.74 Å². The molecule has 0 heterocycles. The number of hydrogen-bond donors (Lipinski definition) is 0. The van der Waals surface area contributed by atoms with E-state index in [-0.39, 0.29) is 60.3 Å². The van der Waals surface area contributed by atoms with Gasteiger partial charge in [0.1, 0.15) is 12.4 Å². The summed E-state index contributed by atoms with van der Waals surface area (Å²) < 4.78 is 85.0. The van der Waals surface area contributed by atoms with Gasteiger partial charge in [-0.3, -0.25) is 4.57 Å². The fourth-order valence-electron chi connectivity index (χ4n) is 3.54. The molecule has 1 unspecified atom stereocenters. The van der Waals surface area contributed by atoms with E-state index in [1.54, 1.807) is 24.3 Å². The maximum atomic E-state index is 13.0. The summed E-state index contributed by atoms with van der Waals surface area (Å²) in [7, 11) is -5.95. The van der Waals surface area contributed by atoms with Crippen LogP contribution in [0.25, 0.3) is 0 Å². The summed E-state index contributed by atoms with van der Waals surface area (Å²) in [5.41, 5.74) is 0.581. The molecule has 0 aliphatic carbocycles. The molecule has 0 aliphatic rings. The Labute approximate surface area is 244 Å². The van der Waals surface area contributed by atoms with Crippen LogP contribution in [0.3, 0.4) is 0 Å². The number of halogens is 3. The van der Waals surface area contributed by atoms with E-state index in [1.807, 2.05) is 0 Å². The Bertz CT molecular complexity index is 890. The number of allylic oxidation sites excluding steroid dienone is 2. The summed E-state index contributed by atoms with van der Waals surface area (Å²) in [5.74, 6) is -0.717. The molecule has 0 fully saturated rings. The van der Waals surface area contributed by atoms with E-state index < -0.39 is 29.8 Å². The van der Waals surface area contributed by atoms with Crippen LogP contribution in [-0.4, -0.2) is 68.4 Å². The van der Waals surface area contributed by atoms with Gasteiger partial charge in [-0.15, -0.1) is 0 Å². The summed E-state index contributed by atoms with van der Waals surface area (Å²) in [6.45, 7) is 3.73. The van der Waals surface area contributed by atoms with Crippen LogP contribution >= 0.6 is 8.03 Å². The summed E-state index contributed by atoms with van der Waals surface area (Å²) in [6.07, 6.45) is 7.57. The molecule has 1 aromatic rings. The molecular weight excluding hydrogens is 535 g/mol. The summed E-state index contributed by atoms with van der Waals surface area (Å²) in [6, 6.07) is 6.37. The molecule has 0 bridgehead atoms. The summed E-state index contributed by atoms with van der Waals surface area (Å²) in [5, 5.41) is 0. The second kappa shape index (κ2) is 20.4. The quantitative estimate of drug-likeness (QED) is 0.0706. The van der Waals surface area contributed by atoms with E-state index in [0.717, 1.165) is 25.3 Å². The molecule has 0 saturated heterocycles. The molecule has 0 aromatic heterocycles. The van der Waals surface area contributed by atoms with Gasteiger partial charge in [-0.05, 0) is 36.6 Å². The average Bonchev–Trinajstić information content (AvgIpc) is 2.82. The van der Waals surface area contributed by atoms with Crippen molar-refractivity contribution in [3.05, 3.63) is 41.7 Å². The Balaban J connectivity index is 0.0000130. The molecule has 0 amide bonds. The number of ether oxygens (including phenoxy) is 1. The van der Waals surface area contributed by atoms with Gasteiger partial charge in [0.2, 0.25) is 13.8 Å². The zero-order chi connectivity index (χ0) is 26.9. The van der Waals surface area contributed by atoms with Gasteiger partial charge in [0.05, 0.1) is 11.5 Å².